The molecule has 0 unspecified atom stereocenters. The van der Waals surface area contributed by atoms with E-state index in [4.69, 9.17) is 0 Å². The topological polar surface area (TPSA) is 53.5 Å². The molecule has 5 nitrogen and oxygen atoms in total. The highest BCUT2D eigenvalue weighted by atomic mass is 19.1. The van der Waals surface area contributed by atoms with Gasteiger partial charge in [-0.05, 0) is 43.0 Å². The number of rotatable bonds is 3. The molecule has 1 aromatic carbocycles. The molecule has 5 rings (SSSR count). The van der Waals surface area contributed by atoms with Crippen LogP contribution < -0.4 is 0 Å². The Balaban J connectivity index is 1.45. The molecule has 1 aromatic heterocycles. The molecular formula is C26H30FN3O2. The monoisotopic (exact) mass is 435 g/mol. The Hall–Kier alpha value is -2.76. The van der Waals surface area contributed by atoms with Crippen molar-refractivity contribution < 1.29 is 14.0 Å². The van der Waals surface area contributed by atoms with Gasteiger partial charge in [0.15, 0.2) is 0 Å². The summed E-state index contributed by atoms with van der Waals surface area (Å²) >= 11 is 0. The van der Waals surface area contributed by atoms with Crippen LogP contribution in [-0.2, 0) is 11.2 Å². The fourth-order valence-corrected chi connectivity index (χ4v) is 6.55. The predicted molar refractivity (Wildman–Crippen MR) is 120 cm³/mol. The number of carbonyl (C=O) groups excluding carboxylic acids is 2. The lowest BCUT2D eigenvalue weighted by atomic mass is 9.71. The number of amides is 2. The van der Waals surface area contributed by atoms with Gasteiger partial charge in [-0.1, -0.05) is 44.0 Å². The molecule has 4 atom stereocenters. The summed E-state index contributed by atoms with van der Waals surface area (Å²) in [5.41, 5.74) is 1.57. The number of likely N-dealkylation sites (tertiary alicyclic amines) is 2. The van der Waals surface area contributed by atoms with Crippen LogP contribution in [0.25, 0.3) is 0 Å². The van der Waals surface area contributed by atoms with E-state index in [1.165, 1.54) is 6.07 Å². The molecule has 0 N–H and O–H groups in total. The van der Waals surface area contributed by atoms with Gasteiger partial charge in [-0.3, -0.25) is 9.59 Å². The maximum Gasteiger partial charge on any atom is 0.272 e. The number of benzene rings is 1. The summed E-state index contributed by atoms with van der Waals surface area (Å²) in [6.45, 7) is 4.49. The Bertz CT molecular complexity index is 1060. The van der Waals surface area contributed by atoms with E-state index in [0.29, 0.717) is 29.9 Å². The first-order chi connectivity index (χ1) is 15.4. The lowest BCUT2D eigenvalue weighted by Crippen LogP contribution is -2.55. The summed E-state index contributed by atoms with van der Waals surface area (Å²) in [6.07, 6.45) is 5.45. The van der Waals surface area contributed by atoms with E-state index in [1.54, 1.807) is 31.2 Å². The number of piperidine rings is 1. The van der Waals surface area contributed by atoms with Crippen molar-refractivity contribution in [3.05, 3.63) is 65.2 Å². The van der Waals surface area contributed by atoms with Crippen molar-refractivity contribution in [2.75, 3.05) is 6.54 Å². The molecule has 2 amide bonds. The highest BCUT2D eigenvalue weighted by molar-refractivity contribution is 5.93. The number of pyridine rings is 1. The SMILES string of the molecule is CC(=O)N1[C@@H]2CN(C(=O)c3cccc(Cc4ccccc4F)n3)[C@@H]3CCCC[C@H]1[C@]3(C)C2. The van der Waals surface area contributed by atoms with E-state index >= 15 is 0 Å². The fourth-order valence-electron chi connectivity index (χ4n) is 6.55. The van der Waals surface area contributed by atoms with Gasteiger partial charge in [-0.15, -0.1) is 0 Å². The molecule has 3 aliphatic rings. The number of halogens is 1. The van der Waals surface area contributed by atoms with Crippen LogP contribution >= 0.6 is 0 Å². The number of nitrogens with zero attached hydrogens (tertiary/aromatic N) is 3. The van der Waals surface area contributed by atoms with Gasteiger partial charge in [0.25, 0.3) is 5.91 Å². The molecule has 2 saturated heterocycles. The van der Waals surface area contributed by atoms with Crippen molar-refractivity contribution in [3.8, 4) is 0 Å². The number of hydrogen-bond donors (Lipinski definition) is 0. The molecule has 168 valence electrons. The number of carbonyl (C=O) groups is 2. The van der Waals surface area contributed by atoms with Crippen molar-refractivity contribution in [2.24, 2.45) is 5.41 Å². The second kappa shape index (κ2) is 7.98. The van der Waals surface area contributed by atoms with Crippen LogP contribution in [0.2, 0.25) is 0 Å². The van der Waals surface area contributed by atoms with Gasteiger partial charge in [0, 0.05) is 43.1 Å². The van der Waals surface area contributed by atoms with Crippen LogP contribution in [-0.4, -0.2) is 51.3 Å². The van der Waals surface area contributed by atoms with Crippen molar-refractivity contribution in [3.63, 3.8) is 0 Å². The molecule has 2 aromatic rings. The zero-order valence-corrected chi connectivity index (χ0v) is 18.8. The Morgan fingerprint density at radius 3 is 2.59 bits per heavy atom. The minimum Gasteiger partial charge on any atom is -0.335 e. The lowest BCUT2D eigenvalue weighted by molar-refractivity contribution is -0.132. The second-order valence-corrected chi connectivity index (χ2v) is 9.85. The second-order valence-electron chi connectivity index (χ2n) is 9.85. The van der Waals surface area contributed by atoms with Crippen molar-refractivity contribution in [2.45, 2.75) is 70.5 Å². The number of hydrogen-bond acceptors (Lipinski definition) is 3. The first-order valence-electron chi connectivity index (χ1n) is 11.7. The molecule has 3 fully saturated rings. The number of fused-ring (bicyclic) bond motifs is 1. The Morgan fingerprint density at radius 2 is 1.84 bits per heavy atom. The van der Waals surface area contributed by atoms with Gasteiger partial charge in [0.05, 0.1) is 6.04 Å². The van der Waals surface area contributed by atoms with Crippen LogP contribution in [0.1, 0.15) is 67.7 Å². The minimum atomic E-state index is -0.264. The molecule has 1 saturated carbocycles. The molecule has 32 heavy (non-hydrogen) atoms. The van der Waals surface area contributed by atoms with Crippen LogP contribution in [0, 0.1) is 11.2 Å². The van der Waals surface area contributed by atoms with Crippen LogP contribution in [0.3, 0.4) is 0 Å². The summed E-state index contributed by atoms with van der Waals surface area (Å²) in [7, 11) is 0. The van der Waals surface area contributed by atoms with E-state index in [9.17, 15) is 14.0 Å². The highest BCUT2D eigenvalue weighted by Gasteiger charge is 2.60. The van der Waals surface area contributed by atoms with E-state index in [1.807, 2.05) is 17.0 Å². The first-order valence-corrected chi connectivity index (χ1v) is 11.7. The van der Waals surface area contributed by atoms with Gasteiger partial charge in [-0.2, -0.15) is 0 Å². The highest BCUT2D eigenvalue weighted by Crippen LogP contribution is 2.53. The van der Waals surface area contributed by atoms with E-state index in [-0.39, 0.29) is 41.2 Å². The fraction of sp³-hybridized carbons (Fsp3) is 0.500. The molecule has 6 heteroatoms. The molecule has 0 spiro atoms. The molecule has 0 radical (unpaired) electrons. The summed E-state index contributed by atoms with van der Waals surface area (Å²) in [5.74, 6) is -0.226. The van der Waals surface area contributed by atoms with Gasteiger partial charge < -0.3 is 9.80 Å². The summed E-state index contributed by atoms with van der Waals surface area (Å²) in [5, 5.41) is 0. The third-order valence-corrected chi connectivity index (χ3v) is 7.90. The smallest absolute Gasteiger partial charge is 0.272 e. The Kier molecular flexibility index (Phi) is 5.26. The van der Waals surface area contributed by atoms with Crippen molar-refractivity contribution >= 4 is 11.8 Å². The van der Waals surface area contributed by atoms with E-state index in [2.05, 4.69) is 16.8 Å². The normalized spacial score (nSPS) is 29.0. The van der Waals surface area contributed by atoms with Crippen LogP contribution in [0.4, 0.5) is 4.39 Å². The van der Waals surface area contributed by atoms with Gasteiger partial charge in [-0.25, -0.2) is 9.37 Å². The maximum absolute atomic E-state index is 14.1. The average molecular weight is 436 g/mol. The van der Waals surface area contributed by atoms with E-state index < -0.39 is 0 Å². The van der Waals surface area contributed by atoms with Crippen molar-refractivity contribution in [1.29, 1.82) is 0 Å². The van der Waals surface area contributed by atoms with Gasteiger partial charge in [0.1, 0.15) is 11.5 Å². The van der Waals surface area contributed by atoms with Crippen LogP contribution in [0.5, 0.6) is 0 Å². The van der Waals surface area contributed by atoms with E-state index in [0.717, 1.165) is 32.1 Å². The zero-order chi connectivity index (χ0) is 22.5. The zero-order valence-electron chi connectivity index (χ0n) is 18.8. The predicted octanol–water partition coefficient (Wildman–Crippen LogP) is 4.21. The third-order valence-electron chi connectivity index (χ3n) is 7.90. The summed E-state index contributed by atoms with van der Waals surface area (Å²) in [6, 6.07) is 12.5. The average Bonchev–Trinajstić information content (AvgIpc) is 2.88. The van der Waals surface area contributed by atoms with Crippen LogP contribution in [0.15, 0.2) is 42.5 Å². The number of aromatic nitrogens is 1. The third kappa shape index (κ3) is 3.40. The molecule has 2 bridgehead atoms. The first kappa shape index (κ1) is 21.1. The quantitative estimate of drug-likeness (QED) is 0.726. The molecule has 3 heterocycles. The van der Waals surface area contributed by atoms with Gasteiger partial charge in [0.2, 0.25) is 5.91 Å². The summed E-state index contributed by atoms with van der Waals surface area (Å²) in [4.78, 5) is 34.9. The molecule has 1 aliphatic carbocycles. The molecule has 2 aliphatic heterocycles. The standard InChI is InChI=1S/C26H30FN3O2/c1-17(31)30-20-15-26(2)23(12-5-6-13-24(26)30)29(16-20)25(32)22-11-7-9-19(28-22)14-18-8-3-4-10-21(18)27/h3-4,7-11,20,23-24H,5-6,12-16H2,1-2H3/t20-,23+,24-,26+/m0/s1. The van der Waals surface area contributed by atoms with Gasteiger partial charge >= 0.3 is 0 Å². The lowest BCUT2D eigenvalue weighted by Gasteiger charge is -2.46. The summed E-state index contributed by atoms with van der Waals surface area (Å²) < 4.78 is 14.1. The maximum atomic E-state index is 14.1. The Morgan fingerprint density at radius 1 is 1.09 bits per heavy atom. The molecular weight excluding hydrogens is 405 g/mol. The minimum absolute atomic E-state index is 0.0717. The Labute approximate surface area is 188 Å². The largest absolute Gasteiger partial charge is 0.335 e. The van der Waals surface area contributed by atoms with Crippen molar-refractivity contribution in [1.82, 2.24) is 14.8 Å².